The molecule has 2 aromatic carbocycles. The van der Waals surface area contributed by atoms with E-state index in [4.69, 9.17) is 4.74 Å². The van der Waals surface area contributed by atoms with Crippen LogP contribution in [0.2, 0.25) is 0 Å². The van der Waals surface area contributed by atoms with Crippen molar-refractivity contribution < 1.29 is 17.9 Å². The van der Waals surface area contributed by atoms with Crippen molar-refractivity contribution >= 4 is 44.3 Å². The van der Waals surface area contributed by atoms with Crippen molar-refractivity contribution in [3.63, 3.8) is 0 Å². The minimum atomic E-state index is -3.53. The highest BCUT2D eigenvalue weighted by atomic mass is 32.2. The zero-order valence-corrected chi connectivity index (χ0v) is 19.6. The lowest BCUT2D eigenvalue weighted by molar-refractivity contribution is -0.113. The number of fused-ring (bicyclic) bond motifs is 1. The molecule has 0 radical (unpaired) electrons. The third-order valence-electron chi connectivity index (χ3n) is 5.37. The van der Waals surface area contributed by atoms with Crippen LogP contribution in [0, 0.1) is 6.92 Å². The fourth-order valence-electron chi connectivity index (χ4n) is 3.70. The van der Waals surface area contributed by atoms with Gasteiger partial charge in [-0.15, -0.1) is 0 Å². The number of aryl methyl sites for hydroxylation is 1. The summed E-state index contributed by atoms with van der Waals surface area (Å²) in [5, 5.41) is 4.57. The highest BCUT2D eigenvalue weighted by Gasteiger charge is 2.27. The molecule has 0 spiro atoms. The van der Waals surface area contributed by atoms with Crippen molar-refractivity contribution in [2.75, 3.05) is 31.3 Å². The Morgan fingerprint density at radius 2 is 1.94 bits per heavy atom. The number of methoxy groups -OCH3 is 1. The van der Waals surface area contributed by atoms with E-state index in [1.165, 1.54) is 22.1 Å². The molecular weight excluding hydrogens is 446 g/mol. The lowest BCUT2D eigenvalue weighted by Crippen LogP contribution is -2.28. The van der Waals surface area contributed by atoms with Crippen LogP contribution in [0.5, 0.6) is 5.75 Å². The molecule has 7 nitrogen and oxygen atoms in total. The van der Waals surface area contributed by atoms with Crippen LogP contribution in [-0.2, 0) is 14.8 Å². The van der Waals surface area contributed by atoms with E-state index in [2.05, 4.69) is 10.3 Å². The average molecular weight is 472 g/mol. The zero-order chi connectivity index (χ0) is 22.7. The van der Waals surface area contributed by atoms with Gasteiger partial charge in [0, 0.05) is 30.2 Å². The molecule has 0 bridgehead atoms. The molecule has 3 aromatic rings. The number of aromatic nitrogens is 1. The Hall–Kier alpha value is -2.62. The highest BCUT2D eigenvalue weighted by molar-refractivity contribution is 7.99. The summed E-state index contributed by atoms with van der Waals surface area (Å²) in [6.45, 7) is 3.09. The van der Waals surface area contributed by atoms with Gasteiger partial charge in [0.1, 0.15) is 5.75 Å². The zero-order valence-electron chi connectivity index (χ0n) is 18.0. The van der Waals surface area contributed by atoms with Gasteiger partial charge in [0.05, 0.1) is 28.3 Å². The maximum Gasteiger partial charge on any atom is 0.243 e. The van der Waals surface area contributed by atoms with Crippen LogP contribution in [0.25, 0.3) is 10.9 Å². The number of carbonyl (C=O) groups excluding carboxylic acids is 1. The standard InChI is InChI=1S/C23H25N3O4S2/c1-16-12-23(25-21-14-18(30-2)8-9-20(16)21)31-15-22(27)24-17-6-5-7-19(13-17)32(28,29)26-10-3-4-11-26/h5-9,12-14H,3-4,10-11,15H2,1-2H3,(H,24,27). The summed E-state index contributed by atoms with van der Waals surface area (Å²) in [5.41, 5.74) is 2.34. The van der Waals surface area contributed by atoms with Gasteiger partial charge in [0.25, 0.3) is 0 Å². The highest BCUT2D eigenvalue weighted by Crippen LogP contribution is 2.27. The molecule has 1 aliphatic rings. The van der Waals surface area contributed by atoms with Gasteiger partial charge in [-0.1, -0.05) is 17.8 Å². The third kappa shape index (κ3) is 4.90. The molecule has 1 amide bonds. The minimum Gasteiger partial charge on any atom is -0.497 e. The second-order valence-electron chi connectivity index (χ2n) is 7.64. The number of pyridine rings is 1. The Kier molecular flexibility index (Phi) is 6.68. The van der Waals surface area contributed by atoms with Crippen molar-refractivity contribution in [1.82, 2.24) is 9.29 Å². The van der Waals surface area contributed by atoms with Crippen LogP contribution in [0.15, 0.2) is 58.5 Å². The number of benzene rings is 2. The first-order valence-corrected chi connectivity index (χ1v) is 12.8. The molecule has 32 heavy (non-hydrogen) atoms. The molecule has 9 heteroatoms. The molecule has 0 unspecified atom stereocenters. The summed E-state index contributed by atoms with van der Waals surface area (Å²) < 4.78 is 32.3. The molecule has 1 N–H and O–H groups in total. The second kappa shape index (κ2) is 9.48. The lowest BCUT2D eigenvalue weighted by atomic mass is 10.1. The second-order valence-corrected chi connectivity index (χ2v) is 10.6. The van der Waals surface area contributed by atoms with Gasteiger partial charge in [0.15, 0.2) is 0 Å². The van der Waals surface area contributed by atoms with Crippen molar-refractivity contribution in [3.8, 4) is 5.75 Å². The number of thioether (sulfide) groups is 1. The molecule has 0 atom stereocenters. The maximum atomic E-state index is 12.8. The Morgan fingerprint density at radius 1 is 1.16 bits per heavy atom. The summed E-state index contributed by atoms with van der Waals surface area (Å²) >= 11 is 1.33. The normalized spacial score (nSPS) is 14.6. The van der Waals surface area contributed by atoms with Crippen LogP contribution in [0.4, 0.5) is 5.69 Å². The Balaban J connectivity index is 1.43. The van der Waals surface area contributed by atoms with E-state index < -0.39 is 10.0 Å². The van der Waals surface area contributed by atoms with E-state index >= 15 is 0 Å². The molecule has 168 valence electrons. The quantitative estimate of drug-likeness (QED) is 0.523. The van der Waals surface area contributed by atoms with Gasteiger partial charge in [0.2, 0.25) is 15.9 Å². The summed E-state index contributed by atoms with van der Waals surface area (Å²) in [7, 11) is -1.91. The number of hydrogen-bond acceptors (Lipinski definition) is 6. The fraction of sp³-hybridized carbons (Fsp3) is 0.304. The van der Waals surface area contributed by atoms with E-state index in [0.29, 0.717) is 18.8 Å². The first-order chi connectivity index (χ1) is 15.4. The van der Waals surface area contributed by atoms with Gasteiger partial charge < -0.3 is 10.1 Å². The van der Waals surface area contributed by atoms with Gasteiger partial charge >= 0.3 is 0 Å². The molecule has 0 aliphatic carbocycles. The molecule has 1 fully saturated rings. The molecule has 1 aliphatic heterocycles. The van der Waals surface area contributed by atoms with Crippen LogP contribution in [-0.4, -0.2) is 49.6 Å². The molecular formula is C23H25N3O4S2. The molecule has 0 saturated carbocycles. The van der Waals surface area contributed by atoms with E-state index in [1.807, 2.05) is 31.2 Å². The van der Waals surface area contributed by atoms with Crippen molar-refractivity contribution in [2.24, 2.45) is 0 Å². The van der Waals surface area contributed by atoms with Crippen LogP contribution >= 0.6 is 11.8 Å². The largest absolute Gasteiger partial charge is 0.497 e. The van der Waals surface area contributed by atoms with Crippen LogP contribution in [0.1, 0.15) is 18.4 Å². The number of rotatable bonds is 7. The Bertz CT molecular complexity index is 1260. The van der Waals surface area contributed by atoms with E-state index in [-0.39, 0.29) is 16.6 Å². The topological polar surface area (TPSA) is 88.6 Å². The number of amides is 1. The van der Waals surface area contributed by atoms with Crippen molar-refractivity contribution in [1.29, 1.82) is 0 Å². The van der Waals surface area contributed by atoms with Crippen molar-refractivity contribution in [3.05, 3.63) is 54.1 Å². The first-order valence-electron chi connectivity index (χ1n) is 10.3. The molecule has 2 heterocycles. The number of sulfonamides is 1. The van der Waals surface area contributed by atoms with Gasteiger partial charge in [-0.2, -0.15) is 4.31 Å². The Morgan fingerprint density at radius 3 is 2.69 bits per heavy atom. The summed E-state index contributed by atoms with van der Waals surface area (Å²) in [5.74, 6) is 0.661. The molecule has 1 aromatic heterocycles. The van der Waals surface area contributed by atoms with Gasteiger partial charge in [-0.25, -0.2) is 13.4 Å². The Labute approximate surface area is 192 Å². The van der Waals surface area contributed by atoms with Crippen molar-refractivity contribution in [2.45, 2.75) is 29.7 Å². The smallest absolute Gasteiger partial charge is 0.243 e. The summed E-state index contributed by atoms with van der Waals surface area (Å²) in [4.78, 5) is 17.3. The van der Waals surface area contributed by atoms with Crippen LogP contribution < -0.4 is 10.1 Å². The summed E-state index contributed by atoms with van der Waals surface area (Å²) in [6, 6.07) is 14.1. The van der Waals surface area contributed by atoms with E-state index in [0.717, 1.165) is 40.1 Å². The predicted octanol–water partition coefficient (Wildman–Crippen LogP) is 4.07. The minimum absolute atomic E-state index is 0.158. The monoisotopic (exact) mass is 471 g/mol. The lowest BCUT2D eigenvalue weighted by Gasteiger charge is -2.16. The number of ether oxygens (including phenoxy) is 1. The fourth-order valence-corrected chi connectivity index (χ4v) is 6.04. The summed E-state index contributed by atoms with van der Waals surface area (Å²) in [6.07, 6.45) is 1.75. The van der Waals surface area contributed by atoms with E-state index in [9.17, 15) is 13.2 Å². The molecule has 4 rings (SSSR count). The number of nitrogens with zero attached hydrogens (tertiary/aromatic N) is 2. The van der Waals surface area contributed by atoms with E-state index in [1.54, 1.807) is 25.3 Å². The molecule has 1 saturated heterocycles. The average Bonchev–Trinajstić information content (AvgIpc) is 3.33. The number of carbonyl (C=O) groups is 1. The number of hydrogen-bond donors (Lipinski definition) is 1. The number of anilines is 1. The first kappa shape index (κ1) is 22.6. The van der Waals surface area contributed by atoms with Gasteiger partial charge in [-0.05, 0) is 61.7 Å². The van der Waals surface area contributed by atoms with Gasteiger partial charge in [-0.3, -0.25) is 4.79 Å². The third-order valence-corrected chi connectivity index (χ3v) is 8.18. The predicted molar refractivity (Wildman–Crippen MR) is 127 cm³/mol. The number of nitrogens with one attached hydrogen (secondary N) is 1. The van der Waals surface area contributed by atoms with Crippen LogP contribution in [0.3, 0.4) is 0 Å². The maximum absolute atomic E-state index is 12.8. The SMILES string of the molecule is COc1ccc2c(C)cc(SCC(=O)Nc3cccc(S(=O)(=O)N4CCCC4)c3)nc2c1.